The van der Waals surface area contributed by atoms with Crippen LogP contribution in [0.1, 0.15) is 27.2 Å². The van der Waals surface area contributed by atoms with Crippen molar-refractivity contribution in [2.75, 3.05) is 11.9 Å². The van der Waals surface area contributed by atoms with E-state index < -0.39 is 0 Å². The van der Waals surface area contributed by atoms with Gasteiger partial charge in [-0.15, -0.1) is 11.6 Å². The summed E-state index contributed by atoms with van der Waals surface area (Å²) in [5, 5.41) is 3.36. The average Bonchev–Trinajstić information content (AvgIpc) is 2.14. The zero-order chi connectivity index (χ0) is 12.2. The maximum absolute atomic E-state index is 6.26. The Morgan fingerprint density at radius 3 is 2.75 bits per heavy atom. The van der Waals surface area contributed by atoms with Gasteiger partial charge >= 0.3 is 0 Å². The predicted molar refractivity (Wildman–Crippen MR) is 74.1 cm³/mol. The van der Waals surface area contributed by atoms with Crippen molar-refractivity contribution in [3.05, 3.63) is 22.8 Å². The minimum Gasteiger partial charge on any atom is -0.368 e. The van der Waals surface area contributed by atoms with Gasteiger partial charge in [-0.25, -0.2) is 4.98 Å². The lowest BCUT2D eigenvalue weighted by Gasteiger charge is -2.22. The molecule has 16 heavy (non-hydrogen) atoms. The molecule has 0 fully saturated rings. The molecule has 0 bridgehead atoms. The summed E-state index contributed by atoms with van der Waals surface area (Å²) in [6.07, 6.45) is 2.74. The molecule has 1 rings (SSSR count). The second kappa shape index (κ2) is 5.87. The minimum absolute atomic E-state index is 0.119. The molecule has 0 saturated heterocycles. The van der Waals surface area contributed by atoms with E-state index >= 15 is 0 Å². The fourth-order valence-corrected chi connectivity index (χ4v) is 2.40. The van der Waals surface area contributed by atoms with Crippen molar-refractivity contribution in [3.63, 3.8) is 0 Å². The standard InChI is InChI=1S/C12H18BrClN2/c1-12(2,3)7-9(14)8-16-11-10(13)5-4-6-15-11/h4-6,9H,7-8H2,1-3H3,(H,15,16). The molecule has 2 nitrogen and oxygen atoms in total. The van der Waals surface area contributed by atoms with Crippen LogP contribution in [0.4, 0.5) is 5.82 Å². The van der Waals surface area contributed by atoms with E-state index in [0.29, 0.717) is 0 Å². The number of nitrogens with one attached hydrogen (secondary N) is 1. The molecule has 4 heteroatoms. The SMILES string of the molecule is CC(C)(C)CC(Cl)CNc1ncccc1Br. The Morgan fingerprint density at radius 1 is 1.50 bits per heavy atom. The molecule has 1 atom stereocenters. The zero-order valence-corrected chi connectivity index (χ0v) is 12.3. The van der Waals surface area contributed by atoms with Crippen molar-refractivity contribution >= 4 is 33.3 Å². The molecule has 0 aliphatic rings. The van der Waals surface area contributed by atoms with Gasteiger partial charge in [0.15, 0.2) is 0 Å². The predicted octanol–water partition coefficient (Wildman–Crippen LogP) is 4.30. The van der Waals surface area contributed by atoms with Gasteiger partial charge in [0, 0.05) is 12.7 Å². The number of aromatic nitrogens is 1. The van der Waals surface area contributed by atoms with Crippen molar-refractivity contribution in [1.82, 2.24) is 4.98 Å². The summed E-state index contributed by atoms with van der Waals surface area (Å²) < 4.78 is 0.967. The van der Waals surface area contributed by atoms with E-state index in [-0.39, 0.29) is 10.8 Å². The molecule has 0 spiro atoms. The Kier molecular flexibility index (Phi) is 5.06. The Balaban J connectivity index is 2.43. The Hall–Kier alpha value is -0.280. The number of hydrogen-bond donors (Lipinski definition) is 1. The molecule has 1 aromatic heterocycles. The molecule has 1 unspecified atom stereocenters. The summed E-state index contributed by atoms with van der Waals surface area (Å²) in [6.45, 7) is 7.31. The van der Waals surface area contributed by atoms with Crippen LogP contribution in [0.5, 0.6) is 0 Å². The molecule has 0 saturated carbocycles. The van der Waals surface area contributed by atoms with Crippen LogP contribution in [-0.4, -0.2) is 16.9 Å². The lowest BCUT2D eigenvalue weighted by Crippen LogP contribution is -2.21. The highest BCUT2D eigenvalue weighted by Crippen LogP contribution is 2.24. The highest BCUT2D eigenvalue weighted by Gasteiger charge is 2.16. The van der Waals surface area contributed by atoms with Crippen molar-refractivity contribution in [2.24, 2.45) is 5.41 Å². The summed E-state index contributed by atoms with van der Waals surface area (Å²) in [4.78, 5) is 4.23. The number of anilines is 1. The van der Waals surface area contributed by atoms with Gasteiger partial charge in [0.05, 0.1) is 9.85 Å². The van der Waals surface area contributed by atoms with Crippen molar-refractivity contribution in [1.29, 1.82) is 0 Å². The molecule has 1 N–H and O–H groups in total. The fraction of sp³-hybridized carbons (Fsp3) is 0.583. The second-order valence-corrected chi connectivity index (χ2v) is 6.55. The van der Waals surface area contributed by atoms with Crippen LogP contribution in [-0.2, 0) is 0 Å². The maximum atomic E-state index is 6.26. The van der Waals surface area contributed by atoms with E-state index in [1.807, 2.05) is 12.1 Å². The van der Waals surface area contributed by atoms with Gasteiger partial charge in [-0.05, 0) is 39.9 Å². The van der Waals surface area contributed by atoms with Crippen molar-refractivity contribution < 1.29 is 0 Å². The van der Waals surface area contributed by atoms with Crippen LogP contribution < -0.4 is 5.32 Å². The lowest BCUT2D eigenvalue weighted by molar-refractivity contribution is 0.373. The van der Waals surface area contributed by atoms with Crippen LogP contribution in [0.3, 0.4) is 0 Å². The first kappa shape index (κ1) is 13.8. The normalized spacial score (nSPS) is 13.6. The van der Waals surface area contributed by atoms with Crippen molar-refractivity contribution in [2.45, 2.75) is 32.6 Å². The number of hydrogen-bond acceptors (Lipinski definition) is 2. The van der Waals surface area contributed by atoms with Gasteiger partial charge in [-0.2, -0.15) is 0 Å². The molecule has 0 radical (unpaired) electrons. The summed E-state index contributed by atoms with van der Waals surface area (Å²) in [6, 6.07) is 3.85. The van der Waals surface area contributed by atoms with Gasteiger partial charge < -0.3 is 5.32 Å². The van der Waals surface area contributed by atoms with Crippen molar-refractivity contribution in [3.8, 4) is 0 Å². The summed E-state index contributed by atoms with van der Waals surface area (Å²) in [5.74, 6) is 0.849. The van der Waals surface area contributed by atoms with E-state index in [1.54, 1.807) is 6.20 Å². The van der Waals surface area contributed by atoms with Gasteiger partial charge in [0.1, 0.15) is 5.82 Å². The molecule has 1 heterocycles. The summed E-state index contributed by atoms with van der Waals surface area (Å²) in [5.41, 5.74) is 0.259. The second-order valence-electron chi connectivity index (χ2n) is 5.08. The molecule has 0 aliphatic heterocycles. The van der Waals surface area contributed by atoms with E-state index in [9.17, 15) is 0 Å². The molecule has 0 aromatic carbocycles. The summed E-state index contributed by atoms with van der Waals surface area (Å²) in [7, 11) is 0. The van der Waals surface area contributed by atoms with Gasteiger partial charge in [0.2, 0.25) is 0 Å². The molecule has 0 aliphatic carbocycles. The topological polar surface area (TPSA) is 24.9 Å². The van der Waals surface area contributed by atoms with E-state index in [2.05, 4.69) is 47.0 Å². The smallest absolute Gasteiger partial charge is 0.140 e. The number of nitrogens with zero attached hydrogens (tertiary/aromatic N) is 1. The van der Waals surface area contributed by atoms with Crippen LogP contribution in [0.15, 0.2) is 22.8 Å². The Bertz CT molecular complexity index is 336. The van der Waals surface area contributed by atoms with Crippen LogP contribution in [0, 0.1) is 5.41 Å². The van der Waals surface area contributed by atoms with Crippen LogP contribution in [0.2, 0.25) is 0 Å². The monoisotopic (exact) mass is 304 g/mol. The third kappa shape index (κ3) is 5.17. The van der Waals surface area contributed by atoms with Crippen LogP contribution >= 0.6 is 27.5 Å². The number of alkyl halides is 1. The highest BCUT2D eigenvalue weighted by molar-refractivity contribution is 9.10. The minimum atomic E-state index is 0.119. The lowest BCUT2D eigenvalue weighted by atomic mass is 9.90. The number of halogens is 2. The van der Waals surface area contributed by atoms with Gasteiger partial charge in [-0.3, -0.25) is 0 Å². The first-order valence-corrected chi connectivity index (χ1v) is 6.60. The molecular formula is C12H18BrClN2. The van der Waals surface area contributed by atoms with Gasteiger partial charge in [0.25, 0.3) is 0 Å². The van der Waals surface area contributed by atoms with E-state index in [0.717, 1.165) is 23.3 Å². The largest absolute Gasteiger partial charge is 0.368 e. The third-order valence-electron chi connectivity index (χ3n) is 2.08. The average molecular weight is 306 g/mol. The van der Waals surface area contributed by atoms with E-state index in [4.69, 9.17) is 11.6 Å². The van der Waals surface area contributed by atoms with Gasteiger partial charge in [-0.1, -0.05) is 20.8 Å². The zero-order valence-electron chi connectivity index (χ0n) is 9.93. The highest BCUT2D eigenvalue weighted by atomic mass is 79.9. The first-order valence-electron chi connectivity index (χ1n) is 5.37. The Labute approximate surface area is 111 Å². The third-order valence-corrected chi connectivity index (χ3v) is 3.03. The Morgan fingerprint density at radius 2 is 2.19 bits per heavy atom. The summed E-state index contributed by atoms with van der Waals surface area (Å²) >= 11 is 9.70. The molecule has 1 aromatic rings. The molecule has 90 valence electrons. The molecular weight excluding hydrogens is 288 g/mol. The quantitative estimate of drug-likeness (QED) is 0.839. The maximum Gasteiger partial charge on any atom is 0.140 e. The van der Waals surface area contributed by atoms with E-state index in [1.165, 1.54) is 0 Å². The van der Waals surface area contributed by atoms with Crippen LogP contribution in [0.25, 0.3) is 0 Å². The molecule has 0 amide bonds. The number of rotatable bonds is 4. The first-order chi connectivity index (χ1) is 7.38. The fourth-order valence-electron chi connectivity index (χ4n) is 1.46. The number of pyridine rings is 1.